The van der Waals surface area contributed by atoms with Crippen LogP contribution in [0.5, 0.6) is 0 Å². The molecule has 3 rings (SSSR count). The first kappa shape index (κ1) is 18.8. The second-order valence-corrected chi connectivity index (χ2v) is 6.17. The van der Waals surface area contributed by atoms with Gasteiger partial charge in [0, 0.05) is 37.2 Å². The topological polar surface area (TPSA) is 85.5 Å². The summed E-state index contributed by atoms with van der Waals surface area (Å²) in [5.41, 5.74) is 2.00. The van der Waals surface area contributed by atoms with Crippen LogP contribution in [0.2, 0.25) is 0 Å². The van der Waals surface area contributed by atoms with Crippen LogP contribution in [0.1, 0.15) is 37.9 Å². The molecule has 0 aliphatic heterocycles. The minimum atomic E-state index is -0.216. The van der Waals surface area contributed by atoms with Gasteiger partial charge in [0.25, 0.3) is 5.78 Å². The fraction of sp³-hybridized carbons (Fsp3) is 0.421. The van der Waals surface area contributed by atoms with E-state index in [1.165, 1.54) is 6.33 Å². The number of esters is 1. The van der Waals surface area contributed by atoms with Crippen LogP contribution in [0.25, 0.3) is 5.78 Å². The summed E-state index contributed by atoms with van der Waals surface area (Å²) in [6.07, 6.45) is 7.19. The highest BCUT2D eigenvalue weighted by molar-refractivity contribution is 5.70. The van der Waals surface area contributed by atoms with Gasteiger partial charge in [-0.25, -0.2) is 4.98 Å². The molecular weight excluding hydrogens is 344 g/mol. The van der Waals surface area contributed by atoms with Gasteiger partial charge in [0.2, 0.25) is 0 Å². The van der Waals surface area contributed by atoms with Crippen LogP contribution in [-0.2, 0) is 22.5 Å². The summed E-state index contributed by atoms with van der Waals surface area (Å²) in [5, 5.41) is 4.32. The normalized spacial score (nSPS) is 10.9. The average Bonchev–Trinajstić information content (AvgIpc) is 3.14. The van der Waals surface area contributed by atoms with Crippen molar-refractivity contribution < 1.29 is 9.53 Å². The van der Waals surface area contributed by atoms with Crippen LogP contribution in [0.15, 0.2) is 36.9 Å². The second kappa shape index (κ2) is 9.07. The zero-order valence-corrected chi connectivity index (χ0v) is 15.7. The Hall–Kier alpha value is -3.03. The van der Waals surface area contributed by atoms with E-state index in [0.717, 1.165) is 29.9 Å². The van der Waals surface area contributed by atoms with Crippen LogP contribution in [0, 0.1) is 0 Å². The summed E-state index contributed by atoms with van der Waals surface area (Å²) in [4.78, 5) is 27.0. The first-order valence-electron chi connectivity index (χ1n) is 9.20. The molecule has 0 amide bonds. The van der Waals surface area contributed by atoms with E-state index in [4.69, 9.17) is 4.74 Å². The predicted octanol–water partition coefficient (Wildman–Crippen LogP) is 2.43. The molecule has 0 N–H and O–H groups in total. The number of carbonyl (C=O) groups excluding carboxylic acids is 1. The van der Waals surface area contributed by atoms with Gasteiger partial charge in [-0.1, -0.05) is 19.4 Å². The van der Waals surface area contributed by atoms with Crippen molar-refractivity contribution in [1.82, 2.24) is 24.6 Å². The van der Waals surface area contributed by atoms with Gasteiger partial charge in [0.1, 0.15) is 12.1 Å². The third kappa shape index (κ3) is 4.78. The quantitative estimate of drug-likeness (QED) is 0.536. The third-order valence-electron chi connectivity index (χ3n) is 4.10. The minimum absolute atomic E-state index is 0.216. The summed E-state index contributed by atoms with van der Waals surface area (Å²) in [6.45, 7) is 5.40. The Morgan fingerprint density at radius 2 is 2.22 bits per heavy atom. The molecular formula is C19H24N6O2. The van der Waals surface area contributed by atoms with E-state index in [1.807, 2.05) is 31.3 Å². The molecule has 0 spiro atoms. The highest BCUT2D eigenvalue weighted by Gasteiger charge is 2.17. The largest absolute Gasteiger partial charge is 0.466 e. The number of fused-ring (bicyclic) bond motifs is 1. The molecule has 0 bridgehead atoms. The van der Waals surface area contributed by atoms with Crippen LogP contribution < -0.4 is 4.90 Å². The lowest BCUT2D eigenvalue weighted by molar-refractivity contribution is -0.142. The number of carbonyl (C=O) groups is 1. The van der Waals surface area contributed by atoms with Gasteiger partial charge in [-0.2, -0.15) is 14.6 Å². The van der Waals surface area contributed by atoms with Crippen LogP contribution >= 0.6 is 0 Å². The molecule has 0 saturated carbocycles. The number of hydrogen-bond acceptors (Lipinski definition) is 7. The van der Waals surface area contributed by atoms with Crippen molar-refractivity contribution in [1.29, 1.82) is 0 Å². The Kier molecular flexibility index (Phi) is 6.30. The van der Waals surface area contributed by atoms with E-state index in [9.17, 15) is 4.79 Å². The molecule has 0 aliphatic carbocycles. The monoisotopic (exact) mass is 368 g/mol. The van der Waals surface area contributed by atoms with E-state index >= 15 is 0 Å². The molecule has 0 atom stereocenters. The van der Waals surface area contributed by atoms with Crippen molar-refractivity contribution in [3.8, 4) is 0 Å². The van der Waals surface area contributed by atoms with Gasteiger partial charge in [0.05, 0.1) is 13.0 Å². The van der Waals surface area contributed by atoms with Gasteiger partial charge in [0.15, 0.2) is 0 Å². The number of rotatable bonds is 9. The average molecular weight is 368 g/mol. The van der Waals surface area contributed by atoms with E-state index in [-0.39, 0.29) is 12.4 Å². The number of aromatic nitrogens is 5. The smallest absolute Gasteiger partial charge is 0.307 e. The molecule has 27 heavy (non-hydrogen) atoms. The van der Waals surface area contributed by atoms with Crippen molar-refractivity contribution >= 4 is 17.6 Å². The third-order valence-corrected chi connectivity index (χ3v) is 4.10. The maximum absolute atomic E-state index is 11.9. The Morgan fingerprint density at radius 3 is 2.96 bits per heavy atom. The van der Waals surface area contributed by atoms with E-state index in [0.29, 0.717) is 25.5 Å². The second-order valence-electron chi connectivity index (χ2n) is 6.17. The number of pyridine rings is 1. The van der Waals surface area contributed by atoms with Crippen molar-refractivity contribution in [3.63, 3.8) is 0 Å². The molecule has 0 fully saturated rings. The number of anilines is 1. The summed E-state index contributed by atoms with van der Waals surface area (Å²) < 4.78 is 6.80. The molecule has 0 saturated heterocycles. The first-order chi connectivity index (χ1) is 13.2. The predicted molar refractivity (Wildman–Crippen MR) is 101 cm³/mol. The van der Waals surface area contributed by atoms with Crippen LogP contribution in [-0.4, -0.2) is 43.7 Å². The van der Waals surface area contributed by atoms with Crippen molar-refractivity contribution in [2.45, 2.75) is 39.7 Å². The van der Waals surface area contributed by atoms with Crippen molar-refractivity contribution in [3.05, 3.63) is 48.2 Å². The van der Waals surface area contributed by atoms with Crippen molar-refractivity contribution in [2.75, 3.05) is 18.1 Å². The fourth-order valence-corrected chi connectivity index (χ4v) is 2.90. The Balaban J connectivity index is 1.94. The highest BCUT2D eigenvalue weighted by Crippen LogP contribution is 2.20. The SMILES string of the molecule is CCCc1cc(N(CCC(=O)OCC)Cc2cccnc2)n2ncnc2n1. The number of aryl methyl sites for hydroxylation is 1. The van der Waals surface area contributed by atoms with Gasteiger partial charge in [-0.15, -0.1) is 0 Å². The molecule has 3 aromatic heterocycles. The minimum Gasteiger partial charge on any atom is -0.466 e. The maximum Gasteiger partial charge on any atom is 0.307 e. The molecule has 0 aliphatic rings. The Labute approximate surface area is 158 Å². The Bertz CT molecular complexity index is 880. The fourth-order valence-electron chi connectivity index (χ4n) is 2.90. The van der Waals surface area contributed by atoms with Crippen LogP contribution in [0.3, 0.4) is 0 Å². The molecule has 0 unspecified atom stereocenters. The molecule has 3 aromatic rings. The van der Waals surface area contributed by atoms with Gasteiger partial charge >= 0.3 is 5.97 Å². The van der Waals surface area contributed by atoms with Gasteiger partial charge in [-0.05, 0) is 25.0 Å². The molecule has 0 radical (unpaired) electrons. The lowest BCUT2D eigenvalue weighted by Gasteiger charge is -2.25. The first-order valence-corrected chi connectivity index (χ1v) is 9.20. The maximum atomic E-state index is 11.9. The molecule has 0 aromatic carbocycles. The zero-order valence-electron chi connectivity index (χ0n) is 15.7. The zero-order chi connectivity index (χ0) is 19.1. The molecule has 8 heteroatoms. The number of nitrogens with zero attached hydrogens (tertiary/aromatic N) is 6. The lowest BCUT2D eigenvalue weighted by atomic mass is 10.2. The number of hydrogen-bond donors (Lipinski definition) is 0. The van der Waals surface area contributed by atoms with E-state index < -0.39 is 0 Å². The van der Waals surface area contributed by atoms with Crippen LogP contribution in [0.4, 0.5) is 5.82 Å². The standard InChI is InChI=1S/C19H24N6O2/c1-3-6-16-11-17(25-19(23-16)21-14-22-25)24(10-8-18(26)27-4-2)13-15-7-5-9-20-12-15/h5,7,9,11-12,14H,3-4,6,8,10,13H2,1-2H3. The number of ether oxygens (including phenoxy) is 1. The van der Waals surface area contributed by atoms with Gasteiger partial charge in [-0.3, -0.25) is 9.78 Å². The molecule has 142 valence electrons. The highest BCUT2D eigenvalue weighted by atomic mass is 16.5. The van der Waals surface area contributed by atoms with Crippen molar-refractivity contribution in [2.24, 2.45) is 0 Å². The van der Waals surface area contributed by atoms with E-state index in [2.05, 4.69) is 31.9 Å². The summed E-state index contributed by atoms with van der Waals surface area (Å²) in [7, 11) is 0. The summed E-state index contributed by atoms with van der Waals surface area (Å²) in [5.74, 6) is 1.20. The van der Waals surface area contributed by atoms with Gasteiger partial charge < -0.3 is 9.64 Å². The molecule has 8 nitrogen and oxygen atoms in total. The lowest BCUT2D eigenvalue weighted by Crippen LogP contribution is -2.28. The summed E-state index contributed by atoms with van der Waals surface area (Å²) >= 11 is 0. The molecule has 3 heterocycles. The van der Waals surface area contributed by atoms with E-state index in [1.54, 1.807) is 10.7 Å². The summed E-state index contributed by atoms with van der Waals surface area (Å²) in [6, 6.07) is 5.93. The Morgan fingerprint density at radius 1 is 1.33 bits per heavy atom.